The van der Waals surface area contributed by atoms with Gasteiger partial charge in [-0.2, -0.15) is 0 Å². The molecule has 0 bridgehead atoms. The minimum absolute atomic E-state index is 0.766. The van der Waals surface area contributed by atoms with Gasteiger partial charge in [-0.15, -0.1) is 21.8 Å². The number of unbranched alkanes of at least 4 members (excludes halogenated alkanes) is 2. The lowest BCUT2D eigenvalue weighted by molar-refractivity contribution is 0.705. The van der Waals surface area contributed by atoms with Gasteiger partial charge in [0.25, 0.3) is 0 Å². The Kier molecular flexibility index (Phi) is 5.08. The van der Waals surface area contributed by atoms with Gasteiger partial charge in [0.1, 0.15) is 5.51 Å². The number of anilines is 1. The van der Waals surface area contributed by atoms with E-state index in [1.165, 1.54) is 12.8 Å². The summed E-state index contributed by atoms with van der Waals surface area (Å²) in [4.78, 5) is 2.13. The lowest BCUT2D eigenvalue weighted by Crippen LogP contribution is -2.18. The standard InChI is InChI=1S/C8H14ClN3S/c1-12(6-4-2-3-5-9)8-11-10-7-13-8/h7H,2-6H2,1H3. The summed E-state index contributed by atoms with van der Waals surface area (Å²) in [6, 6.07) is 0. The van der Waals surface area contributed by atoms with Crippen molar-refractivity contribution in [3.05, 3.63) is 5.51 Å². The predicted octanol–water partition coefficient (Wildman–Crippen LogP) is 2.38. The van der Waals surface area contributed by atoms with Crippen molar-refractivity contribution in [2.24, 2.45) is 0 Å². The van der Waals surface area contributed by atoms with Gasteiger partial charge in [-0.05, 0) is 12.8 Å². The molecule has 0 amide bonds. The van der Waals surface area contributed by atoms with Crippen molar-refractivity contribution >= 4 is 28.1 Å². The Morgan fingerprint density at radius 3 is 2.92 bits per heavy atom. The highest BCUT2D eigenvalue weighted by Crippen LogP contribution is 2.14. The van der Waals surface area contributed by atoms with Gasteiger partial charge in [0.2, 0.25) is 5.13 Å². The molecular formula is C8H14ClN3S. The van der Waals surface area contributed by atoms with Gasteiger partial charge in [0.05, 0.1) is 0 Å². The highest BCUT2D eigenvalue weighted by molar-refractivity contribution is 7.13. The molecule has 3 nitrogen and oxygen atoms in total. The molecule has 0 aliphatic heterocycles. The van der Waals surface area contributed by atoms with Gasteiger partial charge >= 0.3 is 0 Å². The van der Waals surface area contributed by atoms with Crippen molar-refractivity contribution in [3.63, 3.8) is 0 Å². The molecule has 0 radical (unpaired) electrons. The molecule has 1 rings (SSSR count). The van der Waals surface area contributed by atoms with E-state index in [-0.39, 0.29) is 0 Å². The van der Waals surface area contributed by atoms with E-state index in [4.69, 9.17) is 11.6 Å². The summed E-state index contributed by atoms with van der Waals surface area (Å²) in [5.74, 6) is 0.766. The first-order valence-corrected chi connectivity index (χ1v) is 5.79. The van der Waals surface area contributed by atoms with Crippen LogP contribution in [0.3, 0.4) is 0 Å². The summed E-state index contributed by atoms with van der Waals surface area (Å²) in [7, 11) is 2.04. The Balaban J connectivity index is 2.15. The van der Waals surface area contributed by atoms with Crippen molar-refractivity contribution in [1.29, 1.82) is 0 Å². The maximum Gasteiger partial charge on any atom is 0.207 e. The normalized spacial score (nSPS) is 10.3. The number of rotatable bonds is 6. The number of nitrogens with zero attached hydrogens (tertiary/aromatic N) is 3. The van der Waals surface area contributed by atoms with Crippen LogP contribution in [0.4, 0.5) is 5.13 Å². The van der Waals surface area contributed by atoms with Crippen LogP contribution in [0, 0.1) is 0 Å². The third kappa shape index (κ3) is 3.91. The summed E-state index contributed by atoms with van der Waals surface area (Å²) in [5, 5.41) is 8.77. The third-order valence-corrected chi connectivity index (χ3v) is 2.87. The zero-order chi connectivity index (χ0) is 9.52. The van der Waals surface area contributed by atoms with E-state index >= 15 is 0 Å². The van der Waals surface area contributed by atoms with Crippen LogP contribution in [0.25, 0.3) is 0 Å². The van der Waals surface area contributed by atoms with Gasteiger partial charge in [-0.3, -0.25) is 0 Å². The van der Waals surface area contributed by atoms with Crippen LogP contribution in [0.1, 0.15) is 19.3 Å². The molecule has 0 atom stereocenters. The molecule has 0 spiro atoms. The van der Waals surface area contributed by atoms with Crippen LogP contribution in [-0.4, -0.2) is 29.7 Å². The minimum atomic E-state index is 0.766. The highest BCUT2D eigenvalue weighted by atomic mass is 35.5. The first kappa shape index (κ1) is 10.7. The monoisotopic (exact) mass is 219 g/mol. The minimum Gasteiger partial charge on any atom is -0.350 e. The molecule has 1 aromatic heterocycles. The Morgan fingerprint density at radius 2 is 2.31 bits per heavy atom. The smallest absolute Gasteiger partial charge is 0.207 e. The van der Waals surface area contributed by atoms with Crippen molar-refractivity contribution in [1.82, 2.24) is 10.2 Å². The number of aromatic nitrogens is 2. The van der Waals surface area contributed by atoms with Gasteiger partial charge in [0, 0.05) is 19.5 Å². The van der Waals surface area contributed by atoms with Crippen molar-refractivity contribution < 1.29 is 0 Å². The Bertz CT molecular complexity index is 215. The van der Waals surface area contributed by atoms with Crippen molar-refractivity contribution in [3.8, 4) is 0 Å². The molecule has 0 aromatic carbocycles. The molecule has 0 aliphatic rings. The van der Waals surface area contributed by atoms with Crippen LogP contribution >= 0.6 is 22.9 Å². The maximum atomic E-state index is 5.58. The lowest BCUT2D eigenvalue weighted by Gasteiger charge is -2.13. The molecule has 0 aliphatic carbocycles. The fourth-order valence-corrected chi connectivity index (χ4v) is 1.79. The molecule has 1 aromatic rings. The van der Waals surface area contributed by atoms with Crippen LogP contribution in [0.15, 0.2) is 5.51 Å². The second-order valence-electron chi connectivity index (χ2n) is 2.89. The number of alkyl halides is 1. The zero-order valence-corrected chi connectivity index (χ0v) is 9.31. The zero-order valence-electron chi connectivity index (χ0n) is 7.74. The average molecular weight is 220 g/mol. The van der Waals surface area contributed by atoms with E-state index in [9.17, 15) is 0 Å². The topological polar surface area (TPSA) is 29.0 Å². The maximum absolute atomic E-state index is 5.58. The first-order valence-electron chi connectivity index (χ1n) is 4.38. The van der Waals surface area contributed by atoms with Crippen LogP contribution < -0.4 is 4.90 Å². The summed E-state index contributed by atoms with van der Waals surface area (Å²) in [6.07, 6.45) is 3.46. The van der Waals surface area contributed by atoms with E-state index in [2.05, 4.69) is 15.1 Å². The second-order valence-corrected chi connectivity index (χ2v) is 4.08. The van der Waals surface area contributed by atoms with E-state index < -0.39 is 0 Å². The Morgan fingerprint density at radius 1 is 1.46 bits per heavy atom. The van der Waals surface area contributed by atoms with E-state index in [0.29, 0.717) is 0 Å². The van der Waals surface area contributed by atoms with Crippen molar-refractivity contribution in [2.45, 2.75) is 19.3 Å². The van der Waals surface area contributed by atoms with E-state index in [0.717, 1.165) is 24.0 Å². The lowest BCUT2D eigenvalue weighted by atomic mass is 10.2. The molecule has 0 unspecified atom stereocenters. The van der Waals surface area contributed by atoms with E-state index in [1.54, 1.807) is 16.8 Å². The van der Waals surface area contributed by atoms with Crippen LogP contribution in [-0.2, 0) is 0 Å². The van der Waals surface area contributed by atoms with Gasteiger partial charge in [-0.25, -0.2) is 0 Å². The SMILES string of the molecule is CN(CCCCCCl)c1nncs1. The molecule has 1 heterocycles. The average Bonchev–Trinajstić information content (AvgIpc) is 2.65. The summed E-state index contributed by atoms with van der Waals surface area (Å²) in [5.41, 5.74) is 1.75. The van der Waals surface area contributed by atoms with E-state index in [1.807, 2.05) is 7.05 Å². The van der Waals surface area contributed by atoms with Gasteiger partial charge in [-0.1, -0.05) is 17.8 Å². The fraction of sp³-hybridized carbons (Fsp3) is 0.750. The summed E-state index contributed by atoms with van der Waals surface area (Å²) in [6.45, 7) is 1.03. The second kappa shape index (κ2) is 6.16. The number of halogens is 1. The highest BCUT2D eigenvalue weighted by Gasteiger charge is 2.02. The predicted molar refractivity (Wildman–Crippen MR) is 57.8 cm³/mol. The quantitative estimate of drug-likeness (QED) is 0.544. The first-order chi connectivity index (χ1) is 6.34. The Labute approximate surface area is 87.7 Å². The summed E-state index contributed by atoms with van der Waals surface area (Å²) < 4.78 is 0. The Hall–Kier alpha value is -0.350. The largest absolute Gasteiger partial charge is 0.350 e. The summed E-state index contributed by atoms with van der Waals surface area (Å²) >= 11 is 7.15. The molecule has 0 saturated carbocycles. The number of hydrogen-bond donors (Lipinski definition) is 0. The van der Waals surface area contributed by atoms with Gasteiger partial charge in [0.15, 0.2) is 0 Å². The molecule has 5 heteroatoms. The molecule has 74 valence electrons. The van der Waals surface area contributed by atoms with Crippen molar-refractivity contribution in [2.75, 3.05) is 24.4 Å². The molecule has 0 fully saturated rings. The molecule has 13 heavy (non-hydrogen) atoms. The van der Waals surface area contributed by atoms with Crippen LogP contribution in [0.5, 0.6) is 0 Å². The fourth-order valence-electron chi connectivity index (χ4n) is 1.05. The molecular weight excluding hydrogens is 206 g/mol. The third-order valence-electron chi connectivity index (χ3n) is 1.80. The van der Waals surface area contributed by atoms with Crippen LogP contribution in [0.2, 0.25) is 0 Å². The molecule has 0 saturated heterocycles. The van der Waals surface area contributed by atoms with Gasteiger partial charge < -0.3 is 4.90 Å². The number of hydrogen-bond acceptors (Lipinski definition) is 4. The molecule has 0 N–H and O–H groups in total.